The maximum Gasteiger partial charge on any atom is 1.00 e. The smallest absolute Gasteiger partial charge is 0.744 e. The molecule has 368 valence electrons. The molecule has 14 nitrogen and oxygen atoms in total. The van der Waals surface area contributed by atoms with E-state index in [1.807, 2.05) is 0 Å². The SMILES string of the molecule is CCCCCCCCCCCCc1ccc(S(=O)(=O)[O-])c(Oc2ccc(S(=O)(=O)[O-])cc2)c1.CCCCCCCCCCCCc1ccc(S(=O)(=O)[O-])c(Oc2ccc(S(=O)(=O)[O-])cc2)c1.[Na+].[Na+].[Na+].[Na+]. The Kier molecular flexibility index (Phi) is 39.0. The minimum absolute atomic E-state index is 0. The molecule has 0 saturated carbocycles. The molecule has 0 fully saturated rings. The first-order chi connectivity index (χ1) is 31.2. The molecule has 22 heteroatoms. The van der Waals surface area contributed by atoms with Gasteiger partial charge in [-0.3, -0.25) is 0 Å². The fourth-order valence-corrected chi connectivity index (χ4v) is 9.33. The molecule has 0 aliphatic heterocycles. The topological polar surface area (TPSA) is 247 Å². The minimum atomic E-state index is -4.77. The monoisotopic (exact) mass is 1080 g/mol. The van der Waals surface area contributed by atoms with Gasteiger partial charge in [0.2, 0.25) is 0 Å². The van der Waals surface area contributed by atoms with Crippen LogP contribution in [0.4, 0.5) is 0 Å². The van der Waals surface area contributed by atoms with E-state index >= 15 is 0 Å². The van der Waals surface area contributed by atoms with Crippen LogP contribution >= 0.6 is 0 Å². The minimum Gasteiger partial charge on any atom is -0.744 e. The number of benzene rings is 4. The predicted molar refractivity (Wildman–Crippen MR) is 249 cm³/mol. The van der Waals surface area contributed by atoms with Crippen molar-refractivity contribution < 1.29 is 180 Å². The largest absolute Gasteiger partial charge is 1.00 e. The third-order valence-electron chi connectivity index (χ3n) is 10.9. The van der Waals surface area contributed by atoms with Gasteiger partial charge in [-0.1, -0.05) is 142 Å². The molecule has 0 aliphatic carbocycles. The van der Waals surface area contributed by atoms with Crippen LogP contribution in [-0.4, -0.2) is 51.9 Å². The molecule has 4 aromatic carbocycles. The van der Waals surface area contributed by atoms with Crippen LogP contribution in [0.25, 0.3) is 0 Å². The molecule has 0 atom stereocenters. The first kappa shape index (κ1) is 72.2. The second-order valence-corrected chi connectivity index (χ2v) is 21.8. The zero-order valence-electron chi connectivity index (χ0n) is 42.0. The third-order valence-corrected chi connectivity index (χ3v) is 14.3. The summed E-state index contributed by atoms with van der Waals surface area (Å²) < 4.78 is 147. The summed E-state index contributed by atoms with van der Waals surface area (Å²) in [4.78, 5) is -1.84. The zero-order chi connectivity index (χ0) is 48.6. The predicted octanol–water partition coefficient (Wildman–Crippen LogP) is -0.483. The molecule has 0 aliphatic rings. The van der Waals surface area contributed by atoms with Gasteiger partial charge in [0.05, 0.1) is 19.6 Å². The molecular formula is C48H64Na4O14S4. The molecule has 4 aromatic rings. The molecule has 0 aromatic heterocycles. The molecule has 0 saturated heterocycles. The van der Waals surface area contributed by atoms with Crippen molar-refractivity contribution in [2.75, 3.05) is 0 Å². The van der Waals surface area contributed by atoms with Gasteiger partial charge in [0.1, 0.15) is 63.5 Å². The Balaban J connectivity index is 0. The van der Waals surface area contributed by atoms with Gasteiger partial charge in [-0.2, -0.15) is 0 Å². The second kappa shape index (κ2) is 37.8. The van der Waals surface area contributed by atoms with Crippen LogP contribution in [-0.2, 0) is 53.3 Å². The molecule has 0 N–H and O–H groups in total. The Morgan fingerprint density at radius 2 is 0.600 bits per heavy atom. The van der Waals surface area contributed by atoms with Crippen molar-refractivity contribution in [3.8, 4) is 23.0 Å². The average Bonchev–Trinajstić information content (AvgIpc) is 3.24. The summed E-state index contributed by atoms with van der Waals surface area (Å²) in [6.07, 6.45) is 25.6. The van der Waals surface area contributed by atoms with E-state index in [2.05, 4.69) is 13.8 Å². The molecule has 0 heterocycles. The van der Waals surface area contributed by atoms with E-state index < -0.39 is 60.1 Å². The van der Waals surface area contributed by atoms with E-state index in [1.165, 1.54) is 138 Å². The first-order valence-electron chi connectivity index (χ1n) is 22.9. The van der Waals surface area contributed by atoms with Gasteiger partial charge >= 0.3 is 118 Å². The van der Waals surface area contributed by atoms with E-state index in [9.17, 15) is 51.9 Å². The maximum atomic E-state index is 11.6. The van der Waals surface area contributed by atoms with Crippen molar-refractivity contribution in [2.24, 2.45) is 0 Å². The summed E-state index contributed by atoms with van der Waals surface area (Å²) >= 11 is 0. The quantitative estimate of drug-likeness (QED) is 0.0364. The van der Waals surface area contributed by atoms with Crippen LogP contribution in [0.5, 0.6) is 23.0 Å². The maximum absolute atomic E-state index is 11.6. The Morgan fingerprint density at radius 3 is 0.843 bits per heavy atom. The van der Waals surface area contributed by atoms with Crippen molar-refractivity contribution >= 4 is 40.5 Å². The molecular weight excluding hydrogens is 1020 g/mol. The van der Waals surface area contributed by atoms with Gasteiger partial charge in [0.25, 0.3) is 0 Å². The van der Waals surface area contributed by atoms with Crippen LogP contribution < -0.4 is 128 Å². The third kappa shape index (κ3) is 29.4. The summed E-state index contributed by atoms with van der Waals surface area (Å²) in [5.74, 6) is -0.00797. The molecule has 0 radical (unpaired) electrons. The summed E-state index contributed by atoms with van der Waals surface area (Å²) in [6, 6.07) is 18.0. The Morgan fingerprint density at radius 1 is 0.343 bits per heavy atom. The number of ether oxygens (including phenoxy) is 2. The van der Waals surface area contributed by atoms with Crippen molar-refractivity contribution in [1.82, 2.24) is 0 Å². The average molecular weight is 1090 g/mol. The fraction of sp³-hybridized carbons (Fsp3) is 0.500. The van der Waals surface area contributed by atoms with Crippen molar-refractivity contribution in [3.63, 3.8) is 0 Å². The van der Waals surface area contributed by atoms with Crippen molar-refractivity contribution in [1.29, 1.82) is 0 Å². The summed E-state index contributed by atoms with van der Waals surface area (Å²) in [6.45, 7) is 4.42. The van der Waals surface area contributed by atoms with Crippen molar-refractivity contribution in [2.45, 2.75) is 175 Å². The van der Waals surface area contributed by atoms with Gasteiger partial charge in [-0.05, 0) is 110 Å². The number of aryl methyl sites for hydroxylation is 2. The van der Waals surface area contributed by atoms with Crippen molar-refractivity contribution in [3.05, 3.63) is 96.1 Å². The number of rotatable bonds is 30. The summed E-state index contributed by atoms with van der Waals surface area (Å²) in [7, 11) is -18.7. The van der Waals surface area contributed by atoms with Crippen LogP contribution in [0.15, 0.2) is 105 Å². The van der Waals surface area contributed by atoms with E-state index in [-0.39, 0.29) is 141 Å². The van der Waals surface area contributed by atoms with Crippen LogP contribution in [0.3, 0.4) is 0 Å². The molecule has 0 bridgehead atoms. The fourth-order valence-electron chi connectivity index (χ4n) is 7.22. The van der Waals surface area contributed by atoms with Gasteiger partial charge in [0, 0.05) is 0 Å². The Labute approximate surface area is 507 Å². The number of unbranched alkanes of at least 4 members (excludes halogenated alkanes) is 18. The first-order valence-corrected chi connectivity index (χ1v) is 28.5. The van der Waals surface area contributed by atoms with Crippen LogP contribution in [0.1, 0.15) is 153 Å². The van der Waals surface area contributed by atoms with E-state index in [1.54, 1.807) is 12.1 Å². The standard InChI is InChI=1S/2C24H34O7S2.4Na/c2*1-2-3-4-5-6-7-8-9-10-11-12-20-13-18-24(33(28,29)30)23(19-20)31-21-14-16-22(17-15-21)32(25,26)27;;;;/h2*13-19H,2-12H2,1H3,(H,25,26,27)(H,28,29,30);;;;/q;;4*+1/p-4. The van der Waals surface area contributed by atoms with Gasteiger partial charge in [0.15, 0.2) is 0 Å². The molecule has 4 rings (SSSR count). The zero-order valence-corrected chi connectivity index (χ0v) is 53.3. The normalized spacial score (nSPS) is 11.4. The number of hydrogen-bond acceptors (Lipinski definition) is 14. The summed E-state index contributed by atoms with van der Waals surface area (Å²) in [5.41, 5.74) is 1.69. The van der Waals surface area contributed by atoms with Gasteiger partial charge < -0.3 is 27.7 Å². The molecule has 0 amide bonds. The van der Waals surface area contributed by atoms with E-state index in [4.69, 9.17) is 9.47 Å². The Bertz CT molecular complexity index is 2350. The summed E-state index contributed by atoms with van der Waals surface area (Å²) in [5, 5.41) is 0. The van der Waals surface area contributed by atoms with E-state index in [0.717, 1.165) is 86.8 Å². The van der Waals surface area contributed by atoms with E-state index in [0.29, 0.717) is 0 Å². The van der Waals surface area contributed by atoms with Gasteiger partial charge in [-0.15, -0.1) is 0 Å². The van der Waals surface area contributed by atoms with Crippen LogP contribution in [0.2, 0.25) is 0 Å². The van der Waals surface area contributed by atoms with Gasteiger partial charge in [-0.25, -0.2) is 33.7 Å². The Hall–Kier alpha value is 0.120. The molecule has 70 heavy (non-hydrogen) atoms. The van der Waals surface area contributed by atoms with Crippen LogP contribution in [0, 0.1) is 0 Å². The molecule has 0 unspecified atom stereocenters. The second-order valence-electron chi connectivity index (χ2n) is 16.4. The molecule has 0 spiro atoms. The number of hydrogen-bond donors (Lipinski definition) is 0.